The Labute approximate surface area is 165 Å². The molecule has 0 atom stereocenters. The van der Waals surface area contributed by atoms with Crippen LogP contribution in [0.3, 0.4) is 0 Å². The van der Waals surface area contributed by atoms with Gasteiger partial charge < -0.3 is 0 Å². The van der Waals surface area contributed by atoms with Crippen LogP contribution in [0.15, 0.2) is 46.8 Å². The molecular formula is C23H27FN2O2. The molecule has 0 bridgehead atoms. The highest BCUT2D eigenvalue weighted by molar-refractivity contribution is 6.06. The smallest absolute Gasteiger partial charge is 0.162 e. The topological polar surface area (TPSA) is 63.4 Å². The molecule has 28 heavy (non-hydrogen) atoms. The molecule has 5 heteroatoms. The Hall–Kier alpha value is -2.27. The quantitative estimate of drug-likeness (QED) is 0.732. The molecule has 4 rings (SSSR count). The summed E-state index contributed by atoms with van der Waals surface area (Å²) in [5, 5.41) is 1.61. The molecule has 0 aromatic heterocycles. The summed E-state index contributed by atoms with van der Waals surface area (Å²) < 4.78 is 13.6. The van der Waals surface area contributed by atoms with E-state index in [9.17, 15) is 14.0 Å². The first kappa shape index (κ1) is 19.1. The van der Waals surface area contributed by atoms with Gasteiger partial charge in [-0.15, -0.1) is 0 Å². The number of carbonyl (C=O) groups is 2. The van der Waals surface area contributed by atoms with Crippen LogP contribution in [0.5, 0.6) is 0 Å². The summed E-state index contributed by atoms with van der Waals surface area (Å²) in [6.45, 7) is 8.26. The largest absolute Gasteiger partial charge is 0.294 e. The van der Waals surface area contributed by atoms with Gasteiger partial charge in [0, 0.05) is 41.3 Å². The van der Waals surface area contributed by atoms with E-state index < -0.39 is 5.92 Å². The number of benzene rings is 1. The molecule has 1 aliphatic heterocycles. The number of allylic oxidation sites excluding steroid dienone is 4. The highest BCUT2D eigenvalue weighted by Gasteiger charge is 2.48. The van der Waals surface area contributed by atoms with E-state index in [1.54, 1.807) is 17.1 Å². The van der Waals surface area contributed by atoms with Crippen molar-refractivity contribution < 1.29 is 14.0 Å². The Morgan fingerprint density at radius 3 is 1.71 bits per heavy atom. The van der Waals surface area contributed by atoms with Gasteiger partial charge in [-0.2, -0.15) is 0 Å². The minimum Gasteiger partial charge on any atom is -0.294 e. The van der Waals surface area contributed by atoms with Crippen molar-refractivity contribution in [3.05, 3.63) is 58.2 Å². The summed E-state index contributed by atoms with van der Waals surface area (Å²) in [6, 6.07) is 6.14. The lowest BCUT2D eigenvalue weighted by Gasteiger charge is -2.47. The molecule has 0 fully saturated rings. The standard InChI is InChI=1S/C23H27FN2O2/c1-22(2)9-15-20(17(27)11-22)19(13-5-7-14(24)8-6-13)21-16(26(15)25)10-23(3,4)12-18(21)28/h5-8,19H,9-12,25H2,1-4H3. The molecule has 0 amide bonds. The van der Waals surface area contributed by atoms with Gasteiger partial charge in [0.05, 0.1) is 0 Å². The molecule has 0 saturated heterocycles. The molecule has 1 aromatic rings. The van der Waals surface area contributed by atoms with Crippen molar-refractivity contribution in [3.63, 3.8) is 0 Å². The zero-order chi connectivity index (χ0) is 20.4. The van der Waals surface area contributed by atoms with Crippen LogP contribution in [-0.4, -0.2) is 16.6 Å². The van der Waals surface area contributed by atoms with Crippen LogP contribution in [0, 0.1) is 16.6 Å². The predicted molar refractivity (Wildman–Crippen MR) is 105 cm³/mol. The fourth-order valence-electron chi connectivity index (χ4n) is 4.98. The van der Waals surface area contributed by atoms with Crippen molar-refractivity contribution in [2.24, 2.45) is 16.7 Å². The van der Waals surface area contributed by atoms with Crippen LogP contribution in [0.2, 0.25) is 0 Å². The number of nitrogens with two attached hydrogens (primary N) is 1. The molecule has 0 saturated carbocycles. The van der Waals surface area contributed by atoms with Gasteiger partial charge in [-0.3, -0.25) is 14.6 Å². The number of hydrazine groups is 1. The van der Waals surface area contributed by atoms with Gasteiger partial charge in [0.2, 0.25) is 0 Å². The van der Waals surface area contributed by atoms with Crippen LogP contribution in [-0.2, 0) is 9.59 Å². The lowest BCUT2D eigenvalue weighted by atomic mass is 9.64. The fourth-order valence-corrected chi connectivity index (χ4v) is 4.98. The average molecular weight is 382 g/mol. The second-order valence-corrected chi connectivity index (χ2v) is 9.96. The third-order valence-corrected chi connectivity index (χ3v) is 6.16. The van der Waals surface area contributed by atoms with Gasteiger partial charge in [0.25, 0.3) is 0 Å². The maximum Gasteiger partial charge on any atom is 0.162 e. The summed E-state index contributed by atoms with van der Waals surface area (Å²) in [5.41, 5.74) is 3.23. The molecule has 0 unspecified atom stereocenters. The van der Waals surface area contributed by atoms with E-state index in [1.165, 1.54) is 12.1 Å². The van der Waals surface area contributed by atoms with Crippen molar-refractivity contribution in [1.29, 1.82) is 0 Å². The first-order valence-electron chi connectivity index (χ1n) is 9.82. The van der Waals surface area contributed by atoms with Crippen molar-refractivity contribution >= 4 is 11.6 Å². The van der Waals surface area contributed by atoms with Crippen LogP contribution in [0.25, 0.3) is 0 Å². The molecule has 0 radical (unpaired) electrons. The van der Waals surface area contributed by atoms with Gasteiger partial charge in [-0.1, -0.05) is 39.8 Å². The fraction of sp³-hybridized carbons (Fsp3) is 0.478. The number of rotatable bonds is 1. The number of ketones is 2. The van der Waals surface area contributed by atoms with Gasteiger partial charge in [-0.05, 0) is 41.4 Å². The van der Waals surface area contributed by atoms with E-state index in [0.29, 0.717) is 36.8 Å². The maximum absolute atomic E-state index is 13.6. The van der Waals surface area contributed by atoms with Crippen LogP contribution >= 0.6 is 0 Å². The molecule has 1 aromatic carbocycles. The zero-order valence-electron chi connectivity index (χ0n) is 16.9. The van der Waals surface area contributed by atoms with Crippen molar-refractivity contribution in [1.82, 2.24) is 5.01 Å². The molecule has 2 aliphatic carbocycles. The number of hydrogen-bond donors (Lipinski definition) is 1. The Bertz CT molecular complexity index is 884. The number of halogens is 1. The number of hydrogen-bond acceptors (Lipinski definition) is 4. The average Bonchev–Trinajstić information content (AvgIpc) is 2.56. The minimum absolute atomic E-state index is 0.0280. The first-order chi connectivity index (χ1) is 13.0. The summed E-state index contributed by atoms with van der Waals surface area (Å²) in [4.78, 5) is 26.4. The Kier molecular flexibility index (Phi) is 4.16. The Morgan fingerprint density at radius 1 is 0.857 bits per heavy atom. The predicted octanol–water partition coefficient (Wildman–Crippen LogP) is 4.39. The molecule has 0 spiro atoms. The minimum atomic E-state index is -0.461. The summed E-state index contributed by atoms with van der Waals surface area (Å²) in [7, 11) is 0. The van der Waals surface area contributed by atoms with Gasteiger partial charge in [-0.25, -0.2) is 10.2 Å². The molecule has 2 N–H and O–H groups in total. The third-order valence-electron chi connectivity index (χ3n) is 6.16. The monoisotopic (exact) mass is 382 g/mol. The van der Waals surface area contributed by atoms with E-state index in [-0.39, 0.29) is 28.2 Å². The van der Waals surface area contributed by atoms with E-state index in [0.717, 1.165) is 17.0 Å². The van der Waals surface area contributed by atoms with Crippen LogP contribution < -0.4 is 5.84 Å². The third kappa shape index (κ3) is 3.02. The first-order valence-corrected chi connectivity index (χ1v) is 9.82. The summed E-state index contributed by atoms with van der Waals surface area (Å²) >= 11 is 0. The molecule has 4 nitrogen and oxygen atoms in total. The molecular weight excluding hydrogens is 355 g/mol. The van der Waals surface area contributed by atoms with Crippen molar-refractivity contribution in [2.75, 3.05) is 0 Å². The number of Topliss-reactive ketones (excluding diaryl/α,β-unsaturated/α-hetero) is 2. The number of nitrogens with zero attached hydrogens (tertiary/aromatic N) is 1. The van der Waals surface area contributed by atoms with Crippen molar-refractivity contribution in [2.45, 2.75) is 59.3 Å². The van der Waals surface area contributed by atoms with E-state index in [1.807, 2.05) is 0 Å². The Balaban J connectivity index is 1.96. The Morgan fingerprint density at radius 2 is 1.29 bits per heavy atom. The van der Waals surface area contributed by atoms with Crippen LogP contribution in [0.1, 0.15) is 64.9 Å². The van der Waals surface area contributed by atoms with E-state index in [2.05, 4.69) is 27.7 Å². The number of carbonyl (C=O) groups excluding carboxylic acids is 2. The van der Waals surface area contributed by atoms with Crippen LogP contribution in [0.4, 0.5) is 4.39 Å². The summed E-state index contributed by atoms with van der Waals surface area (Å²) in [5.74, 6) is 5.79. The lowest BCUT2D eigenvalue weighted by molar-refractivity contribution is -0.119. The lowest BCUT2D eigenvalue weighted by Crippen LogP contribution is -2.46. The van der Waals surface area contributed by atoms with Gasteiger partial charge in [0.15, 0.2) is 11.6 Å². The second-order valence-electron chi connectivity index (χ2n) is 9.96. The SMILES string of the molecule is CC1(C)CC(=O)C2=C(C1)N(N)C1=C(C(=O)CC(C)(C)C1)C2c1ccc(F)cc1. The van der Waals surface area contributed by atoms with Gasteiger partial charge in [0.1, 0.15) is 5.82 Å². The second kappa shape index (κ2) is 6.11. The molecule has 1 heterocycles. The highest BCUT2D eigenvalue weighted by Crippen LogP contribution is 2.53. The van der Waals surface area contributed by atoms with E-state index in [4.69, 9.17) is 5.84 Å². The maximum atomic E-state index is 13.6. The van der Waals surface area contributed by atoms with E-state index >= 15 is 0 Å². The zero-order valence-corrected chi connectivity index (χ0v) is 16.9. The normalized spacial score (nSPS) is 24.4. The molecule has 148 valence electrons. The van der Waals surface area contributed by atoms with Crippen molar-refractivity contribution in [3.8, 4) is 0 Å². The highest BCUT2D eigenvalue weighted by atomic mass is 19.1. The van der Waals surface area contributed by atoms with Gasteiger partial charge >= 0.3 is 0 Å². The summed E-state index contributed by atoms with van der Waals surface area (Å²) in [6.07, 6.45) is 2.18. The molecule has 3 aliphatic rings.